The number of nitrogens with one attached hydrogen (secondary N) is 2. The quantitative estimate of drug-likeness (QED) is 0.765. The Morgan fingerprint density at radius 2 is 2.16 bits per heavy atom. The summed E-state index contributed by atoms with van der Waals surface area (Å²) in [5, 5.41) is 13.9. The van der Waals surface area contributed by atoms with E-state index in [0.29, 0.717) is 11.5 Å². The van der Waals surface area contributed by atoms with Gasteiger partial charge in [-0.05, 0) is 31.2 Å². The van der Waals surface area contributed by atoms with Crippen LogP contribution >= 0.6 is 11.8 Å². The molecule has 1 rings (SSSR count). The first-order chi connectivity index (χ1) is 9.17. The number of carbonyl (C=O) groups is 1. The van der Waals surface area contributed by atoms with Gasteiger partial charge >= 0.3 is 0 Å². The third-order valence-corrected chi connectivity index (χ3v) is 3.55. The van der Waals surface area contributed by atoms with Gasteiger partial charge in [-0.3, -0.25) is 4.79 Å². The van der Waals surface area contributed by atoms with Crippen LogP contribution in [0.15, 0.2) is 12.1 Å². The summed E-state index contributed by atoms with van der Waals surface area (Å²) in [6.07, 6.45) is 1.02. The first-order valence-electron chi connectivity index (χ1n) is 6.63. The van der Waals surface area contributed by atoms with Crippen molar-refractivity contribution in [1.82, 2.24) is 15.5 Å². The minimum absolute atomic E-state index is 0.136. The first kappa shape index (κ1) is 15.8. The van der Waals surface area contributed by atoms with Gasteiger partial charge in [0.05, 0.1) is 0 Å². The van der Waals surface area contributed by atoms with Gasteiger partial charge in [0, 0.05) is 18.3 Å². The van der Waals surface area contributed by atoms with Crippen molar-refractivity contribution >= 4 is 23.5 Å². The molecule has 1 aromatic rings. The molecule has 1 unspecified atom stereocenters. The van der Waals surface area contributed by atoms with E-state index < -0.39 is 0 Å². The monoisotopic (exact) mass is 282 g/mol. The van der Waals surface area contributed by atoms with Crippen molar-refractivity contribution in [3.63, 3.8) is 0 Å². The fraction of sp³-hybridized carbons (Fsp3) is 0.615. The van der Waals surface area contributed by atoms with Crippen LogP contribution in [0.4, 0.5) is 5.82 Å². The molecule has 1 amide bonds. The molecule has 2 N–H and O–H groups in total. The van der Waals surface area contributed by atoms with Crippen molar-refractivity contribution < 1.29 is 4.79 Å². The second-order valence-corrected chi connectivity index (χ2v) is 5.58. The molecular formula is C13H22N4OS. The highest BCUT2D eigenvalue weighted by molar-refractivity contribution is 7.99. The van der Waals surface area contributed by atoms with Gasteiger partial charge < -0.3 is 10.6 Å². The molecule has 1 aromatic heterocycles. The van der Waals surface area contributed by atoms with Gasteiger partial charge in [-0.1, -0.05) is 13.8 Å². The Kier molecular flexibility index (Phi) is 7.25. The first-order valence-corrected chi connectivity index (χ1v) is 7.79. The zero-order valence-electron chi connectivity index (χ0n) is 11.8. The van der Waals surface area contributed by atoms with Crippen molar-refractivity contribution in [3.05, 3.63) is 17.8 Å². The number of nitrogens with zero attached hydrogens (tertiary/aromatic N) is 2. The van der Waals surface area contributed by atoms with Gasteiger partial charge in [-0.15, -0.1) is 10.2 Å². The van der Waals surface area contributed by atoms with E-state index in [1.807, 2.05) is 6.92 Å². The highest BCUT2D eigenvalue weighted by Crippen LogP contribution is 2.04. The van der Waals surface area contributed by atoms with E-state index in [1.165, 1.54) is 0 Å². The van der Waals surface area contributed by atoms with Crippen molar-refractivity contribution in [2.75, 3.05) is 23.4 Å². The van der Waals surface area contributed by atoms with Gasteiger partial charge in [0.2, 0.25) is 0 Å². The zero-order chi connectivity index (χ0) is 14.1. The van der Waals surface area contributed by atoms with Crippen LogP contribution in [0, 0.1) is 0 Å². The second-order valence-electron chi connectivity index (χ2n) is 4.26. The summed E-state index contributed by atoms with van der Waals surface area (Å²) in [6, 6.07) is 3.61. The molecule has 0 aliphatic carbocycles. The molecule has 0 bridgehead atoms. The maximum absolute atomic E-state index is 11.9. The lowest BCUT2D eigenvalue weighted by atomic mass is 10.3. The summed E-state index contributed by atoms with van der Waals surface area (Å²) in [5.74, 6) is 2.50. The zero-order valence-corrected chi connectivity index (χ0v) is 12.6. The molecule has 6 heteroatoms. The molecule has 0 saturated heterocycles. The van der Waals surface area contributed by atoms with Crippen LogP contribution in [-0.2, 0) is 0 Å². The van der Waals surface area contributed by atoms with Crippen LogP contribution in [0.3, 0.4) is 0 Å². The van der Waals surface area contributed by atoms with Crippen molar-refractivity contribution in [2.24, 2.45) is 0 Å². The molecule has 106 valence electrons. The van der Waals surface area contributed by atoms with Gasteiger partial charge in [0.1, 0.15) is 5.82 Å². The number of hydrogen-bond acceptors (Lipinski definition) is 5. The molecule has 0 aliphatic heterocycles. The van der Waals surface area contributed by atoms with Crippen molar-refractivity contribution in [1.29, 1.82) is 0 Å². The van der Waals surface area contributed by atoms with E-state index in [0.717, 1.165) is 24.5 Å². The Labute approximate surface area is 119 Å². The molecule has 0 fully saturated rings. The highest BCUT2D eigenvalue weighted by atomic mass is 32.2. The molecule has 0 aromatic carbocycles. The van der Waals surface area contributed by atoms with Crippen molar-refractivity contribution in [3.8, 4) is 0 Å². The van der Waals surface area contributed by atoms with E-state index in [9.17, 15) is 4.79 Å². The standard InChI is InChI=1S/C13H22N4OS/c1-4-8-14-12-7-6-11(16-17-12)13(18)15-10(3)9-19-5-2/h6-7,10H,4-5,8-9H2,1-3H3,(H,14,17)(H,15,18). The lowest BCUT2D eigenvalue weighted by Crippen LogP contribution is -2.34. The van der Waals surface area contributed by atoms with Crippen LogP contribution < -0.4 is 10.6 Å². The Hall–Kier alpha value is -1.30. The predicted octanol–water partition coefficient (Wildman–Crippen LogP) is 2.17. The summed E-state index contributed by atoms with van der Waals surface area (Å²) in [7, 11) is 0. The van der Waals surface area contributed by atoms with Crippen molar-refractivity contribution in [2.45, 2.75) is 33.2 Å². The lowest BCUT2D eigenvalue weighted by Gasteiger charge is -2.12. The maximum Gasteiger partial charge on any atom is 0.272 e. The highest BCUT2D eigenvalue weighted by Gasteiger charge is 2.11. The third kappa shape index (κ3) is 5.92. The molecule has 19 heavy (non-hydrogen) atoms. The van der Waals surface area contributed by atoms with Crippen LogP contribution in [0.1, 0.15) is 37.7 Å². The van der Waals surface area contributed by atoms with E-state index in [2.05, 4.69) is 34.7 Å². The number of carbonyl (C=O) groups excluding carboxylic acids is 1. The van der Waals surface area contributed by atoms with Gasteiger partial charge in [-0.2, -0.15) is 11.8 Å². The molecule has 0 spiro atoms. The van der Waals surface area contributed by atoms with Crippen LogP contribution in [-0.4, -0.2) is 40.2 Å². The molecule has 1 heterocycles. The Bertz CT molecular complexity index is 383. The normalized spacial score (nSPS) is 11.9. The fourth-order valence-electron chi connectivity index (χ4n) is 1.43. The Morgan fingerprint density at radius 3 is 2.74 bits per heavy atom. The molecule has 1 atom stereocenters. The van der Waals surface area contributed by atoms with E-state index in [-0.39, 0.29) is 11.9 Å². The van der Waals surface area contributed by atoms with E-state index in [4.69, 9.17) is 0 Å². The maximum atomic E-state index is 11.9. The topological polar surface area (TPSA) is 66.9 Å². The summed E-state index contributed by atoms with van der Waals surface area (Å²) in [4.78, 5) is 11.9. The third-order valence-electron chi connectivity index (χ3n) is 2.40. The molecule has 0 saturated carbocycles. The van der Waals surface area contributed by atoms with E-state index in [1.54, 1.807) is 23.9 Å². The summed E-state index contributed by atoms with van der Waals surface area (Å²) in [5.41, 5.74) is 0.357. The molecule has 5 nitrogen and oxygen atoms in total. The average molecular weight is 282 g/mol. The van der Waals surface area contributed by atoms with Gasteiger partial charge in [-0.25, -0.2) is 0 Å². The number of anilines is 1. The van der Waals surface area contributed by atoms with E-state index >= 15 is 0 Å². The summed E-state index contributed by atoms with van der Waals surface area (Å²) >= 11 is 1.80. The van der Waals surface area contributed by atoms with Crippen LogP contribution in [0.2, 0.25) is 0 Å². The SMILES string of the molecule is CCCNc1ccc(C(=O)NC(C)CSCC)nn1. The smallest absolute Gasteiger partial charge is 0.272 e. The Balaban J connectivity index is 2.48. The number of amides is 1. The molecule has 0 aliphatic rings. The van der Waals surface area contributed by atoms with Crippen LogP contribution in [0.25, 0.3) is 0 Å². The molecular weight excluding hydrogens is 260 g/mol. The van der Waals surface area contributed by atoms with Crippen LogP contribution in [0.5, 0.6) is 0 Å². The minimum atomic E-state index is -0.168. The second kappa shape index (κ2) is 8.74. The number of hydrogen-bond donors (Lipinski definition) is 2. The average Bonchev–Trinajstić information content (AvgIpc) is 2.43. The number of aromatic nitrogens is 2. The Morgan fingerprint density at radius 1 is 1.37 bits per heavy atom. The minimum Gasteiger partial charge on any atom is -0.369 e. The van der Waals surface area contributed by atoms with Gasteiger partial charge in [0.25, 0.3) is 5.91 Å². The lowest BCUT2D eigenvalue weighted by molar-refractivity contribution is 0.0938. The largest absolute Gasteiger partial charge is 0.369 e. The molecule has 0 radical (unpaired) electrons. The predicted molar refractivity (Wildman–Crippen MR) is 80.7 cm³/mol. The number of rotatable bonds is 8. The summed E-state index contributed by atoms with van der Waals surface area (Å²) in [6.45, 7) is 7.03. The number of thioether (sulfide) groups is 1. The van der Waals surface area contributed by atoms with Gasteiger partial charge in [0.15, 0.2) is 5.69 Å². The fourth-order valence-corrected chi connectivity index (χ4v) is 2.11. The summed E-state index contributed by atoms with van der Waals surface area (Å²) < 4.78 is 0.